The van der Waals surface area contributed by atoms with E-state index in [0.29, 0.717) is 6.61 Å². The number of hydrogen-bond donors (Lipinski definition) is 1. The lowest BCUT2D eigenvalue weighted by Gasteiger charge is -2.22. The van der Waals surface area contributed by atoms with Crippen molar-refractivity contribution in [2.75, 3.05) is 13.7 Å². The lowest BCUT2D eigenvalue weighted by Crippen LogP contribution is -2.50. The van der Waals surface area contributed by atoms with Crippen LogP contribution in [-0.4, -0.2) is 42.8 Å². The molecule has 0 aromatic heterocycles. The SMILES string of the molecule is CCCCOC(C)[C@H](NC(=O)Oc1ccc([N+](=O)[O-])cc1)C(=O)OC. The molecule has 138 valence electrons. The number of hydrogen-bond acceptors (Lipinski definition) is 7. The topological polar surface area (TPSA) is 117 Å². The average Bonchev–Trinajstić information content (AvgIpc) is 2.59. The number of benzene rings is 1. The first-order valence-electron chi connectivity index (χ1n) is 7.81. The van der Waals surface area contributed by atoms with Gasteiger partial charge in [-0.15, -0.1) is 0 Å². The van der Waals surface area contributed by atoms with Crippen LogP contribution in [0.15, 0.2) is 24.3 Å². The number of ether oxygens (including phenoxy) is 3. The van der Waals surface area contributed by atoms with Crippen LogP contribution in [0.5, 0.6) is 5.75 Å². The van der Waals surface area contributed by atoms with Crippen LogP contribution in [0, 0.1) is 10.1 Å². The minimum absolute atomic E-state index is 0.103. The quantitative estimate of drug-likeness (QED) is 0.313. The van der Waals surface area contributed by atoms with Crippen molar-refractivity contribution in [2.24, 2.45) is 0 Å². The Labute approximate surface area is 145 Å². The van der Waals surface area contributed by atoms with Gasteiger partial charge < -0.3 is 19.5 Å². The molecule has 0 aliphatic carbocycles. The molecule has 0 aliphatic rings. The largest absolute Gasteiger partial charge is 0.467 e. The molecule has 9 nitrogen and oxygen atoms in total. The van der Waals surface area contributed by atoms with Crippen LogP contribution < -0.4 is 10.1 Å². The molecule has 0 bridgehead atoms. The maximum Gasteiger partial charge on any atom is 0.413 e. The highest BCUT2D eigenvalue weighted by Crippen LogP contribution is 2.17. The Hall–Kier alpha value is -2.68. The van der Waals surface area contributed by atoms with Crippen LogP contribution in [-0.2, 0) is 14.3 Å². The fourth-order valence-electron chi connectivity index (χ4n) is 1.90. The third-order valence-corrected chi connectivity index (χ3v) is 3.33. The van der Waals surface area contributed by atoms with E-state index >= 15 is 0 Å². The van der Waals surface area contributed by atoms with Gasteiger partial charge in [-0.1, -0.05) is 13.3 Å². The fourth-order valence-corrected chi connectivity index (χ4v) is 1.90. The lowest BCUT2D eigenvalue weighted by molar-refractivity contribution is -0.384. The number of amides is 1. The van der Waals surface area contributed by atoms with Gasteiger partial charge in [0.05, 0.1) is 18.1 Å². The predicted molar refractivity (Wildman–Crippen MR) is 88.4 cm³/mol. The summed E-state index contributed by atoms with van der Waals surface area (Å²) in [5, 5.41) is 13.0. The minimum Gasteiger partial charge on any atom is -0.467 e. The number of unbranched alkanes of at least 4 members (excludes halogenated alkanes) is 1. The lowest BCUT2D eigenvalue weighted by atomic mass is 10.2. The number of nitro groups is 1. The molecule has 0 spiro atoms. The highest BCUT2D eigenvalue weighted by molar-refractivity contribution is 5.82. The molecular formula is C16H22N2O7. The first kappa shape index (κ1) is 20.4. The van der Waals surface area contributed by atoms with Gasteiger partial charge in [-0.25, -0.2) is 9.59 Å². The van der Waals surface area contributed by atoms with Crippen LogP contribution in [0.25, 0.3) is 0 Å². The van der Waals surface area contributed by atoms with Crippen LogP contribution in [0.1, 0.15) is 26.7 Å². The number of carbonyl (C=O) groups excluding carboxylic acids is 2. The van der Waals surface area contributed by atoms with Crippen molar-refractivity contribution >= 4 is 17.7 Å². The van der Waals surface area contributed by atoms with Crippen molar-refractivity contribution in [1.29, 1.82) is 0 Å². The molecule has 0 heterocycles. The van der Waals surface area contributed by atoms with Crippen LogP contribution in [0.4, 0.5) is 10.5 Å². The molecule has 0 saturated carbocycles. The van der Waals surface area contributed by atoms with Gasteiger partial charge in [-0.05, 0) is 25.5 Å². The summed E-state index contributed by atoms with van der Waals surface area (Å²) in [4.78, 5) is 33.8. The number of methoxy groups -OCH3 is 1. The van der Waals surface area contributed by atoms with Gasteiger partial charge >= 0.3 is 12.1 Å². The first-order valence-corrected chi connectivity index (χ1v) is 7.81. The van der Waals surface area contributed by atoms with E-state index in [1.54, 1.807) is 6.92 Å². The Morgan fingerprint density at radius 2 is 1.92 bits per heavy atom. The summed E-state index contributed by atoms with van der Waals surface area (Å²) in [5.74, 6) is -0.559. The smallest absolute Gasteiger partial charge is 0.413 e. The van der Waals surface area contributed by atoms with Gasteiger partial charge in [-0.3, -0.25) is 10.1 Å². The van der Waals surface area contributed by atoms with Gasteiger partial charge in [0.2, 0.25) is 0 Å². The monoisotopic (exact) mass is 354 g/mol. The number of nitrogens with one attached hydrogen (secondary N) is 1. The van der Waals surface area contributed by atoms with Crippen molar-refractivity contribution in [3.05, 3.63) is 34.4 Å². The van der Waals surface area contributed by atoms with Crippen molar-refractivity contribution in [3.63, 3.8) is 0 Å². The van der Waals surface area contributed by atoms with Gasteiger partial charge in [0.15, 0.2) is 6.04 Å². The first-order chi connectivity index (χ1) is 11.9. The number of nitro benzene ring substituents is 1. The molecule has 0 saturated heterocycles. The molecule has 1 aromatic rings. The molecule has 2 atom stereocenters. The summed E-state index contributed by atoms with van der Waals surface area (Å²) in [6.07, 6.45) is 0.259. The zero-order valence-corrected chi connectivity index (χ0v) is 14.4. The Balaban J connectivity index is 2.67. The number of esters is 1. The third kappa shape index (κ3) is 6.76. The molecule has 1 aromatic carbocycles. The highest BCUT2D eigenvalue weighted by Gasteiger charge is 2.29. The van der Waals surface area contributed by atoms with Gasteiger partial charge in [0.25, 0.3) is 5.69 Å². The standard InChI is InChI=1S/C16H22N2O7/c1-4-5-10-24-11(2)14(15(19)23-3)17-16(20)25-13-8-6-12(7-9-13)18(21)22/h6-9,11,14H,4-5,10H2,1-3H3,(H,17,20)/t11?,14-/m0/s1. The molecule has 1 N–H and O–H groups in total. The Bertz CT molecular complexity index is 589. The number of nitrogens with zero attached hydrogens (tertiary/aromatic N) is 1. The maximum atomic E-state index is 12.0. The molecule has 1 amide bonds. The summed E-state index contributed by atoms with van der Waals surface area (Å²) in [6, 6.07) is 3.94. The average molecular weight is 354 g/mol. The zero-order valence-electron chi connectivity index (χ0n) is 14.4. The van der Waals surface area contributed by atoms with Gasteiger partial charge in [0.1, 0.15) is 5.75 Å². The number of carbonyl (C=O) groups is 2. The Morgan fingerprint density at radius 3 is 2.44 bits per heavy atom. The molecule has 1 unspecified atom stereocenters. The van der Waals surface area contributed by atoms with E-state index in [2.05, 4.69) is 10.1 Å². The van der Waals surface area contributed by atoms with Crippen molar-refractivity contribution < 1.29 is 28.7 Å². The van der Waals surface area contributed by atoms with E-state index in [9.17, 15) is 19.7 Å². The highest BCUT2D eigenvalue weighted by atomic mass is 16.6. The second-order valence-corrected chi connectivity index (χ2v) is 5.22. The van der Waals surface area contributed by atoms with E-state index in [-0.39, 0.29) is 11.4 Å². The van der Waals surface area contributed by atoms with Gasteiger partial charge in [0, 0.05) is 18.7 Å². The zero-order chi connectivity index (χ0) is 18.8. The van der Waals surface area contributed by atoms with E-state index < -0.39 is 29.1 Å². The summed E-state index contributed by atoms with van der Waals surface area (Å²) in [5.41, 5.74) is -0.127. The number of non-ortho nitro benzene ring substituents is 1. The van der Waals surface area contributed by atoms with E-state index in [1.165, 1.54) is 31.4 Å². The normalized spacial score (nSPS) is 12.8. The van der Waals surface area contributed by atoms with Crippen LogP contribution in [0.3, 0.4) is 0 Å². The summed E-state index contributed by atoms with van der Waals surface area (Å²) < 4.78 is 15.2. The molecule has 9 heteroatoms. The molecule has 0 fully saturated rings. The second kappa shape index (κ2) is 10.2. The predicted octanol–water partition coefficient (Wildman–Crippen LogP) is 2.43. The Kier molecular flexibility index (Phi) is 8.34. The molecule has 25 heavy (non-hydrogen) atoms. The van der Waals surface area contributed by atoms with E-state index in [4.69, 9.17) is 9.47 Å². The van der Waals surface area contributed by atoms with E-state index in [0.717, 1.165) is 12.8 Å². The van der Waals surface area contributed by atoms with Crippen molar-refractivity contribution in [1.82, 2.24) is 5.32 Å². The minimum atomic E-state index is -1.03. The third-order valence-electron chi connectivity index (χ3n) is 3.33. The number of rotatable bonds is 9. The summed E-state index contributed by atoms with van der Waals surface area (Å²) >= 11 is 0. The maximum absolute atomic E-state index is 12.0. The van der Waals surface area contributed by atoms with E-state index in [1.807, 2.05) is 6.92 Å². The molecule has 1 rings (SSSR count). The van der Waals surface area contributed by atoms with Gasteiger partial charge in [-0.2, -0.15) is 0 Å². The summed E-state index contributed by atoms with van der Waals surface area (Å²) in [6.45, 7) is 4.10. The van der Waals surface area contributed by atoms with Crippen molar-refractivity contribution in [2.45, 2.75) is 38.8 Å². The molecule has 0 radical (unpaired) electrons. The van der Waals surface area contributed by atoms with Crippen LogP contribution >= 0.6 is 0 Å². The second-order valence-electron chi connectivity index (χ2n) is 5.22. The fraction of sp³-hybridized carbons (Fsp3) is 0.500. The van der Waals surface area contributed by atoms with Crippen molar-refractivity contribution in [3.8, 4) is 5.75 Å². The molecular weight excluding hydrogens is 332 g/mol. The summed E-state index contributed by atoms with van der Waals surface area (Å²) in [7, 11) is 1.21. The van der Waals surface area contributed by atoms with Crippen LogP contribution in [0.2, 0.25) is 0 Å². The Morgan fingerprint density at radius 1 is 1.28 bits per heavy atom. The molecule has 0 aliphatic heterocycles.